The van der Waals surface area contributed by atoms with Gasteiger partial charge >= 0.3 is 0 Å². The quantitative estimate of drug-likeness (QED) is 0.476. The third-order valence-corrected chi connectivity index (χ3v) is 4.04. The molecule has 3 N–H and O–H groups in total. The van der Waals surface area contributed by atoms with Gasteiger partial charge in [-0.25, -0.2) is 0 Å². The highest BCUT2D eigenvalue weighted by molar-refractivity contribution is 6.02. The number of H-pyrrole nitrogens is 2. The van der Waals surface area contributed by atoms with E-state index in [2.05, 4.69) is 35.7 Å². The van der Waals surface area contributed by atoms with Gasteiger partial charge < -0.3 is 4.74 Å². The predicted octanol–water partition coefficient (Wildman–Crippen LogP) is 2.44. The fourth-order valence-corrected chi connectivity index (χ4v) is 2.62. The summed E-state index contributed by atoms with van der Waals surface area (Å²) in [5.41, 5.74) is 2.60. The van der Waals surface area contributed by atoms with E-state index < -0.39 is 0 Å². The molecule has 9 nitrogen and oxygen atoms in total. The van der Waals surface area contributed by atoms with Gasteiger partial charge in [-0.15, -0.1) is 5.10 Å². The molecule has 0 aliphatic rings. The monoisotopic (exact) mass is 375 g/mol. The van der Waals surface area contributed by atoms with Crippen LogP contribution in [0.1, 0.15) is 21.9 Å². The van der Waals surface area contributed by atoms with Crippen LogP contribution in [0, 0.1) is 0 Å². The highest BCUT2D eigenvalue weighted by atomic mass is 16.5. The number of aromatic amines is 2. The molecule has 0 fully saturated rings. The maximum absolute atomic E-state index is 12.4. The molecule has 3 aromatic heterocycles. The van der Waals surface area contributed by atoms with Crippen molar-refractivity contribution < 1.29 is 9.53 Å². The van der Waals surface area contributed by atoms with Gasteiger partial charge in [0.2, 0.25) is 5.95 Å². The zero-order valence-corrected chi connectivity index (χ0v) is 15.0. The van der Waals surface area contributed by atoms with E-state index in [-0.39, 0.29) is 11.9 Å². The molecule has 0 atom stereocenters. The Hall–Kier alpha value is -4.01. The minimum Gasteiger partial charge on any atom is -0.497 e. The summed E-state index contributed by atoms with van der Waals surface area (Å²) in [6.07, 6.45) is 2.22. The molecule has 4 rings (SSSR count). The Kier molecular flexibility index (Phi) is 4.79. The van der Waals surface area contributed by atoms with Crippen molar-refractivity contribution in [3.8, 4) is 17.1 Å². The highest BCUT2D eigenvalue weighted by Crippen LogP contribution is 2.16. The van der Waals surface area contributed by atoms with Crippen molar-refractivity contribution in [2.75, 3.05) is 12.4 Å². The molecule has 0 spiro atoms. The standard InChI is InChI=1S/C19H17N7O2/c1-28-13-7-5-12(6-8-13)10-17-21-19(26-25-17)22-18(27)16-11-15(23-24-16)14-4-2-3-9-20-14/h2-9,11H,10H2,1H3,(H,23,24)(H2,21,22,25,26,27). The van der Waals surface area contributed by atoms with Crippen molar-refractivity contribution in [3.63, 3.8) is 0 Å². The summed E-state index contributed by atoms with van der Waals surface area (Å²) in [4.78, 5) is 20.9. The van der Waals surface area contributed by atoms with Gasteiger partial charge in [-0.05, 0) is 35.9 Å². The van der Waals surface area contributed by atoms with Gasteiger partial charge in [0.25, 0.3) is 5.91 Å². The molecule has 0 radical (unpaired) electrons. The lowest BCUT2D eigenvalue weighted by molar-refractivity contribution is 0.102. The molecule has 4 aromatic rings. The first-order valence-corrected chi connectivity index (χ1v) is 8.53. The van der Waals surface area contributed by atoms with E-state index in [0.29, 0.717) is 29.3 Å². The molecule has 1 amide bonds. The molecular formula is C19H17N7O2. The lowest BCUT2D eigenvalue weighted by Gasteiger charge is -2.01. The Balaban J connectivity index is 1.41. The number of hydrogen-bond acceptors (Lipinski definition) is 6. The van der Waals surface area contributed by atoms with Crippen molar-refractivity contribution in [3.05, 3.63) is 71.8 Å². The molecule has 0 aliphatic carbocycles. The van der Waals surface area contributed by atoms with Crippen molar-refractivity contribution in [1.29, 1.82) is 0 Å². The summed E-state index contributed by atoms with van der Waals surface area (Å²) < 4.78 is 5.14. The van der Waals surface area contributed by atoms with Crippen LogP contribution in [0.5, 0.6) is 5.75 Å². The van der Waals surface area contributed by atoms with E-state index >= 15 is 0 Å². The first kappa shape index (κ1) is 17.4. The molecule has 0 unspecified atom stereocenters. The fourth-order valence-electron chi connectivity index (χ4n) is 2.62. The van der Waals surface area contributed by atoms with Crippen LogP contribution in [-0.2, 0) is 6.42 Å². The van der Waals surface area contributed by atoms with Crippen LogP contribution in [0.4, 0.5) is 5.95 Å². The molecule has 0 bridgehead atoms. The minimum atomic E-state index is -0.385. The van der Waals surface area contributed by atoms with Crippen molar-refractivity contribution in [2.45, 2.75) is 6.42 Å². The first-order chi connectivity index (χ1) is 13.7. The summed E-state index contributed by atoms with van der Waals surface area (Å²) in [7, 11) is 1.62. The number of carbonyl (C=O) groups excluding carboxylic acids is 1. The Morgan fingerprint density at radius 1 is 1.07 bits per heavy atom. The molecule has 0 saturated heterocycles. The van der Waals surface area contributed by atoms with E-state index in [9.17, 15) is 4.79 Å². The largest absolute Gasteiger partial charge is 0.497 e. The number of carbonyl (C=O) groups is 1. The van der Waals surface area contributed by atoms with Crippen LogP contribution in [0.15, 0.2) is 54.7 Å². The Morgan fingerprint density at radius 2 is 1.93 bits per heavy atom. The summed E-state index contributed by atoms with van der Waals surface area (Å²) in [5.74, 6) is 1.24. The maximum atomic E-state index is 12.4. The van der Waals surface area contributed by atoms with Crippen LogP contribution in [-0.4, -0.2) is 43.4 Å². The SMILES string of the molecule is COc1ccc(Cc2nc(NC(=O)c3cc(-c4ccccn4)n[nH]3)n[nH]2)cc1. The number of amides is 1. The van der Waals surface area contributed by atoms with Gasteiger partial charge in [0, 0.05) is 12.6 Å². The lowest BCUT2D eigenvalue weighted by atomic mass is 10.1. The average molecular weight is 375 g/mol. The molecular weight excluding hydrogens is 358 g/mol. The Morgan fingerprint density at radius 3 is 2.68 bits per heavy atom. The van der Waals surface area contributed by atoms with Gasteiger partial charge in [-0.3, -0.25) is 25.3 Å². The number of methoxy groups -OCH3 is 1. The number of rotatable bonds is 6. The van der Waals surface area contributed by atoms with Gasteiger partial charge in [-0.1, -0.05) is 18.2 Å². The number of ether oxygens (including phenoxy) is 1. The second kappa shape index (κ2) is 7.70. The topological polar surface area (TPSA) is 121 Å². The van der Waals surface area contributed by atoms with Crippen molar-refractivity contribution in [1.82, 2.24) is 30.4 Å². The number of nitrogens with zero attached hydrogens (tertiary/aromatic N) is 4. The number of nitrogens with one attached hydrogen (secondary N) is 3. The number of benzene rings is 1. The van der Waals surface area contributed by atoms with Gasteiger partial charge in [0.15, 0.2) is 0 Å². The normalized spacial score (nSPS) is 10.6. The summed E-state index contributed by atoms with van der Waals surface area (Å²) in [6, 6.07) is 14.8. The number of hydrogen-bond donors (Lipinski definition) is 3. The van der Waals surface area contributed by atoms with Gasteiger partial charge in [-0.2, -0.15) is 10.1 Å². The van der Waals surface area contributed by atoms with E-state index in [0.717, 1.165) is 11.3 Å². The van der Waals surface area contributed by atoms with Crippen molar-refractivity contribution in [2.24, 2.45) is 0 Å². The second-order valence-electron chi connectivity index (χ2n) is 5.97. The van der Waals surface area contributed by atoms with Crippen LogP contribution in [0.25, 0.3) is 11.4 Å². The second-order valence-corrected chi connectivity index (χ2v) is 5.97. The third kappa shape index (κ3) is 3.88. The molecule has 140 valence electrons. The number of aromatic nitrogens is 6. The van der Waals surface area contributed by atoms with Gasteiger partial charge in [0.05, 0.1) is 12.8 Å². The molecule has 0 saturated carbocycles. The Bertz CT molecular complexity index is 1070. The van der Waals surface area contributed by atoms with E-state index in [1.807, 2.05) is 42.5 Å². The Labute approximate surface area is 160 Å². The van der Waals surface area contributed by atoms with E-state index in [1.54, 1.807) is 19.4 Å². The van der Waals surface area contributed by atoms with E-state index in [4.69, 9.17) is 4.74 Å². The van der Waals surface area contributed by atoms with Gasteiger partial charge in [0.1, 0.15) is 23.0 Å². The fraction of sp³-hybridized carbons (Fsp3) is 0.105. The molecule has 28 heavy (non-hydrogen) atoms. The van der Waals surface area contributed by atoms with Crippen molar-refractivity contribution >= 4 is 11.9 Å². The lowest BCUT2D eigenvalue weighted by Crippen LogP contribution is -2.13. The summed E-state index contributed by atoms with van der Waals surface area (Å²) >= 11 is 0. The zero-order chi connectivity index (χ0) is 19.3. The number of anilines is 1. The van der Waals surface area contributed by atoms with Crippen LogP contribution in [0.3, 0.4) is 0 Å². The predicted molar refractivity (Wildman–Crippen MR) is 102 cm³/mol. The molecule has 1 aromatic carbocycles. The zero-order valence-electron chi connectivity index (χ0n) is 15.0. The summed E-state index contributed by atoms with van der Waals surface area (Å²) in [5, 5.41) is 16.3. The van der Waals surface area contributed by atoms with Crippen LogP contribution >= 0.6 is 0 Å². The first-order valence-electron chi connectivity index (χ1n) is 8.53. The highest BCUT2D eigenvalue weighted by Gasteiger charge is 2.14. The third-order valence-electron chi connectivity index (χ3n) is 4.04. The maximum Gasteiger partial charge on any atom is 0.276 e. The minimum absolute atomic E-state index is 0.197. The van der Waals surface area contributed by atoms with Crippen LogP contribution in [0.2, 0.25) is 0 Å². The smallest absolute Gasteiger partial charge is 0.276 e. The average Bonchev–Trinajstić information content (AvgIpc) is 3.39. The summed E-state index contributed by atoms with van der Waals surface area (Å²) in [6.45, 7) is 0. The van der Waals surface area contributed by atoms with E-state index in [1.165, 1.54) is 0 Å². The molecule has 3 heterocycles. The van der Waals surface area contributed by atoms with Crippen LogP contribution < -0.4 is 10.1 Å². The number of pyridine rings is 1. The molecule has 0 aliphatic heterocycles. The molecule has 9 heteroatoms.